The monoisotopic (exact) mass is 414 g/mol. The van der Waals surface area contributed by atoms with Gasteiger partial charge in [0, 0.05) is 31.7 Å². The molecule has 152 valence electrons. The molecule has 2 aliphatic heterocycles. The van der Waals surface area contributed by atoms with Crippen LogP contribution < -0.4 is 0 Å². The van der Waals surface area contributed by atoms with Crippen molar-refractivity contribution >= 4 is 21.9 Å². The minimum Gasteiger partial charge on any atom is -0.453 e. The van der Waals surface area contributed by atoms with E-state index >= 15 is 0 Å². The van der Waals surface area contributed by atoms with Crippen LogP contribution in [0.25, 0.3) is 0 Å². The SMILES string of the molecule is Cc1ccc(S(=O)(=O)N2CCN(C(=O)C[C@H]3OC(=O)c4ccccc43)CC2)cc1. The Balaban J connectivity index is 1.38. The lowest BCUT2D eigenvalue weighted by Gasteiger charge is -2.34. The first-order valence-corrected chi connectivity index (χ1v) is 10.9. The molecule has 1 amide bonds. The van der Waals surface area contributed by atoms with Gasteiger partial charge in [-0.2, -0.15) is 4.31 Å². The maximum atomic E-state index is 12.8. The summed E-state index contributed by atoms with van der Waals surface area (Å²) in [6, 6.07) is 13.8. The Kier molecular flexibility index (Phi) is 5.14. The highest BCUT2D eigenvalue weighted by Crippen LogP contribution is 2.33. The Morgan fingerprint density at radius 3 is 2.38 bits per heavy atom. The van der Waals surface area contributed by atoms with E-state index in [1.165, 1.54) is 4.31 Å². The predicted molar refractivity (Wildman–Crippen MR) is 106 cm³/mol. The van der Waals surface area contributed by atoms with Gasteiger partial charge in [-0.05, 0) is 25.1 Å². The van der Waals surface area contributed by atoms with Crippen LogP contribution in [0, 0.1) is 6.92 Å². The molecule has 2 aromatic carbocycles. The van der Waals surface area contributed by atoms with E-state index in [2.05, 4.69) is 0 Å². The van der Waals surface area contributed by atoms with Crippen molar-refractivity contribution in [2.45, 2.75) is 24.3 Å². The van der Waals surface area contributed by atoms with Crippen LogP contribution in [0.2, 0.25) is 0 Å². The lowest BCUT2D eigenvalue weighted by Crippen LogP contribution is -2.50. The van der Waals surface area contributed by atoms with Crippen LogP contribution in [0.3, 0.4) is 0 Å². The molecule has 1 fully saturated rings. The summed E-state index contributed by atoms with van der Waals surface area (Å²) in [4.78, 5) is 26.5. The fraction of sp³-hybridized carbons (Fsp3) is 0.333. The maximum absolute atomic E-state index is 12.8. The number of aryl methyl sites for hydroxylation is 1. The number of ether oxygens (including phenoxy) is 1. The molecule has 2 heterocycles. The summed E-state index contributed by atoms with van der Waals surface area (Å²) in [6.07, 6.45) is -0.520. The van der Waals surface area contributed by atoms with Crippen LogP contribution in [-0.4, -0.2) is 55.7 Å². The molecular formula is C21H22N2O5S. The second kappa shape index (κ2) is 7.61. The second-order valence-corrected chi connectivity index (χ2v) is 9.22. The highest BCUT2D eigenvalue weighted by Gasteiger charge is 2.35. The lowest BCUT2D eigenvalue weighted by molar-refractivity contribution is -0.134. The van der Waals surface area contributed by atoms with Gasteiger partial charge < -0.3 is 9.64 Å². The van der Waals surface area contributed by atoms with Gasteiger partial charge in [0.2, 0.25) is 15.9 Å². The summed E-state index contributed by atoms with van der Waals surface area (Å²) >= 11 is 0. The molecule has 1 saturated heterocycles. The summed E-state index contributed by atoms with van der Waals surface area (Å²) in [6.45, 7) is 3.01. The molecule has 0 saturated carbocycles. The van der Waals surface area contributed by atoms with Crippen molar-refractivity contribution < 1.29 is 22.7 Å². The van der Waals surface area contributed by atoms with E-state index in [9.17, 15) is 18.0 Å². The summed E-state index contributed by atoms with van der Waals surface area (Å²) < 4.78 is 32.3. The van der Waals surface area contributed by atoms with Gasteiger partial charge >= 0.3 is 5.97 Å². The molecule has 0 bridgehead atoms. The van der Waals surface area contributed by atoms with Crippen molar-refractivity contribution in [3.8, 4) is 0 Å². The van der Waals surface area contributed by atoms with E-state index in [1.54, 1.807) is 47.4 Å². The van der Waals surface area contributed by atoms with Gasteiger partial charge in [0.15, 0.2) is 0 Å². The number of hydrogen-bond donors (Lipinski definition) is 0. The van der Waals surface area contributed by atoms with Crippen LogP contribution in [0.4, 0.5) is 0 Å². The Labute approximate surface area is 169 Å². The number of nitrogens with zero attached hydrogens (tertiary/aromatic N) is 2. The number of piperazine rings is 1. The quantitative estimate of drug-likeness (QED) is 0.716. The number of cyclic esters (lactones) is 1. The average Bonchev–Trinajstić information content (AvgIpc) is 3.04. The van der Waals surface area contributed by atoms with E-state index in [1.807, 2.05) is 13.0 Å². The summed E-state index contributed by atoms with van der Waals surface area (Å²) in [5, 5.41) is 0. The topological polar surface area (TPSA) is 84.0 Å². The fourth-order valence-corrected chi connectivity index (χ4v) is 5.12. The van der Waals surface area contributed by atoms with E-state index in [0.29, 0.717) is 18.7 Å². The molecule has 8 heteroatoms. The van der Waals surface area contributed by atoms with Crippen LogP contribution in [0.5, 0.6) is 0 Å². The number of sulfonamides is 1. The predicted octanol–water partition coefficient (Wildman–Crippen LogP) is 2.13. The number of benzene rings is 2. The first-order valence-electron chi connectivity index (χ1n) is 9.51. The van der Waals surface area contributed by atoms with Crippen molar-refractivity contribution in [2.24, 2.45) is 0 Å². The van der Waals surface area contributed by atoms with E-state index in [-0.39, 0.29) is 30.3 Å². The minimum absolute atomic E-state index is 0.0630. The highest BCUT2D eigenvalue weighted by molar-refractivity contribution is 7.89. The lowest BCUT2D eigenvalue weighted by atomic mass is 10.0. The van der Waals surface area contributed by atoms with E-state index in [0.717, 1.165) is 11.1 Å². The average molecular weight is 414 g/mol. The third-order valence-corrected chi connectivity index (χ3v) is 7.30. The number of carbonyl (C=O) groups excluding carboxylic acids is 2. The van der Waals surface area contributed by atoms with Gasteiger partial charge in [0.25, 0.3) is 0 Å². The summed E-state index contributed by atoms with van der Waals surface area (Å²) in [7, 11) is -3.57. The molecule has 0 radical (unpaired) electrons. The van der Waals surface area contributed by atoms with Crippen LogP contribution >= 0.6 is 0 Å². The Bertz CT molecular complexity index is 1040. The van der Waals surface area contributed by atoms with Crippen molar-refractivity contribution in [3.05, 3.63) is 65.2 Å². The number of amides is 1. The van der Waals surface area contributed by atoms with Crippen LogP contribution in [0.1, 0.15) is 34.0 Å². The smallest absolute Gasteiger partial charge is 0.339 e. The molecule has 0 aromatic heterocycles. The molecular weight excluding hydrogens is 392 g/mol. The van der Waals surface area contributed by atoms with Gasteiger partial charge in [-0.15, -0.1) is 0 Å². The normalized spacial score (nSPS) is 19.7. The fourth-order valence-electron chi connectivity index (χ4n) is 3.70. The first kappa shape index (κ1) is 19.6. The molecule has 0 unspecified atom stereocenters. The molecule has 7 nitrogen and oxygen atoms in total. The van der Waals surface area contributed by atoms with Gasteiger partial charge in [0.1, 0.15) is 6.10 Å². The van der Waals surface area contributed by atoms with Crippen molar-refractivity contribution in [3.63, 3.8) is 0 Å². The van der Waals surface area contributed by atoms with E-state index in [4.69, 9.17) is 4.74 Å². The first-order chi connectivity index (χ1) is 13.9. The third kappa shape index (κ3) is 3.77. The standard InChI is InChI=1S/C21H22N2O5S/c1-15-6-8-16(9-7-15)29(26,27)23-12-10-22(11-13-23)20(24)14-19-17-4-2-3-5-18(17)21(25)28-19/h2-9,19H,10-14H2,1H3/t19-/m1/s1. The number of rotatable bonds is 4. The Morgan fingerprint density at radius 1 is 1.03 bits per heavy atom. The molecule has 1 atom stereocenters. The zero-order valence-corrected chi connectivity index (χ0v) is 16.9. The van der Waals surface area contributed by atoms with Crippen molar-refractivity contribution in [2.75, 3.05) is 26.2 Å². The second-order valence-electron chi connectivity index (χ2n) is 7.28. The zero-order chi connectivity index (χ0) is 20.6. The minimum atomic E-state index is -3.57. The van der Waals surface area contributed by atoms with E-state index < -0.39 is 22.1 Å². The number of hydrogen-bond acceptors (Lipinski definition) is 5. The van der Waals surface area contributed by atoms with Gasteiger partial charge in [-0.1, -0.05) is 35.9 Å². The van der Waals surface area contributed by atoms with Gasteiger partial charge in [0.05, 0.1) is 16.9 Å². The van der Waals surface area contributed by atoms with Crippen LogP contribution in [0.15, 0.2) is 53.4 Å². The molecule has 4 rings (SSSR count). The third-order valence-electron chi connectivity index (χ3n) is 5.39. The number of fused-ring (bicyclic) bond motifs is 1. The maximum Gasteiger partial charge on any atom is 0.339 e. The molecule has 0 aliphatic carbocycles. The van der Waals surface area contributed by atoms with Gasteiger partial charge in [-0.3, -0.25) is 4.79 Å². The number of carbonyl (C=O) groups is 2. The largest absolute Gasteiger partial charge is 0.453 e. The number of esters is 1. The Morgan fingerprint density at radius 2 is 1.69 bits per heavy atom. The Hall–Kier alpha value is -2.71. The molecule has 2 aromatic rings. The van der Waals surface area contributed by atoms with Gasteiger partial charge in [-0.25, -0.2) is 13.2 Å². The molecule has 2 aliphatic rings. The highest BCUT2D eigenvalue weighted by atomic mass is 32.2. The summed E-state index contributed by atoms with van der Waals surface area (Å²) in [5.41, 5.74) is 2.22. The molecule has 0 spiro atoms. The zero-order valence-electron chi connectivity index (χ0n) is 16.1. The van der Waals surface area contributed by atoms with Crippen molar-refractivity contribution in [1.82, 2.24) is 9.21 Å². The molecule has 0 N–H and O–H groups in total. The molecule has 29 heavy (non-hydrogen) atoms. The van der Waals surface area contributed by atoms with Crippen LogP contribution in [-0.2, 0) is 19.6 Å². The summed E-state index contributed by atoms with van der Waals surface area (Å²) in [5.74, 6) is -0.556. The van der Waals surface area contributed by atoms with Crippen molar-refractivity contribution in [1.29, 1.82) is 0 Å².